The van der Waals surface area contributed by atoms with Crippen LogP contribution in [0.4, 0.5) is 5.69 Å². The maximum atomic E-state index is 12.3. The smallest absolute Gasteiger partial charge is 0.238 e. The van der Waals surface area contributed by atoms with Gasteiger partial charge in [0.05, 0.1) is 23.3 Å². The van der Waals surface area contributed by atoms with Crippen LogP contribution >= 0.6 is 15.9 Å². The minimum Gasteiger partial charge on any atom is -0.342 e. The lowest BCUT2D eigenvalue weighted by molar-refractivity contribution is -0.117. The molecule has 2 aromatic carbocycles. The van der Waals surface area contributed by atoms with E-state index < -0.39 is 0 Å². The number of nitrogens with zero attached hydrogens (tertiary/aromatic N) is 2. The number of likely N-dealkylation sites (tertiary alicyclic amines) is 1. The number of benzene rings is 2. The SMILES string of the molecule is Cc1ccc2nc(C3CCN(CC(=O)Nc4ccccc4Br)CC3)[nH]c2c1. The number of aromatic nitrogens is 2. The summed E-state index contributed by atoms with van der Waals surface area (Å²) in [6.07, 6.45) is 2.03. The Balaban J connectivity index is 1.33. The largest absolute Gasteiger partial charge is 0.342 e. The molecule has 0 radical (unpaired) electrons. The van der Waals surface area contributed by atoms with E-state index in [0.29, 0.717) is 12.5 Å². The maximum Gasteiger partial charge on any atom is 0.238 e. The van der Waals surface area contributed by atoms with E-state index in [0.717, 1.165) is 52.9 Å². The molecule has 2 N–H and O–H groups in total. The summed E-state index contributed by atoms with van der Waals surface area (Å²) in [6, 6.07) is 14.0. The lowest BCUT2D eigenvalue weighted by atomic mass is 9.96. The van der Waals surface area contributed by atoms with Gasteiger partial charge in [0.2, 0.25) is 5.91 Å². The van der Waals surface area contributed by atoms with E-state index in [1.807, 2.05) is 24.3 Å². The van der Waals surface area contributed by atoms with Crippen molar-refractivity contribution >= 4 is 38.6 Å². The summed E-state index contributed by atoms with van der Waals surface area (Å²) in [5.74, 6) is 1.53. The zero-order chi connectivity index (χ0) is 18.8. The molecule has 3 aromatic rings. The van der Waals surface area contributed by atoms with Crippen LogP contribution in [0.15, 0.2) is 46.9 Å². The van der Waals surface area contributed by atoms with Crippen LogP contribution in [0.3, 0.4) is 0 Å². The van der Waals surface area contributed by atoms with Crippen LogP contribution in [0.2, 0.25) is 0 Å². The molecule has 4 rings (SSSR count). The molecule has 5 nitrogen and oxygen atoms in total. The fourth-order valence-corrected chi connectivity index (χ4v) is 4.04. The lowest BCUT2D eigenvalue weighted by Crippen LogP contribution is -2.38. The van der Waals surface area contributed by atoms with Crippen LogP contribution in [0.5, 0.6) is 0 Å². The van der Waals surface area contributed by atoms with E-state index in [-0.39, 0.29) is 5.91 Å². The van der Waals surface area contributed by atoms with Crippen molar-refractivity contribution in [1.29, 1.82) is 0 Å². The molecule has 1 saturated heterocycles. The summed E-state index contributed by atoms with van der Waals surface area (Å²) in [5.41, 5.74) is 4.20. The summed E-state index contributed by atoms with van der Waals surface area (Å²) in [6.45, 7) is 4.33. The summed E-state index contributed by atoms with van der Waals surface area (Å²) in [4.78, 5) is 22.8. The number of anilines is 1. The second kappa shape index (κ2) is 7.82. The Morgan fingerprint density at radius 3 is 2.81 bits per heavy atom. The molecule has 1 aliphatic rings. The van der Waals surface area contributed by atoms with E-state index >= 15 is 0 Å². The monoisotopic (exact) mass is 426 g/mol. The van der Waals surface area contributed by atoms with Crippen molar-refractivity contribution in [3.63, 3.8) is 0 Å². The van der Waals surface area contributed by atoms with E-state index in [9.17, 15) is 4.79 Å². The fourth-order valence-electron chi connectivity index (χ4n) is 3.66. The summed E-state index contributed by atoms with van der Waals surface area (Å²) in [5, 5.41) is 2.98. The van der Waals surface area contributed by atoms with Crippen LogP contribution in [-0.2, 0) is 4.79 Å². The Labute approximate surface area is 167 Å². The molecule has 0 bridgehead atoms. The minimum absolute atomic E-state index is 0.0274. The van der Waals surface area contributed by atoms with Crippen molar-refractivity contribution in [3.8, 4) is 0 Å². The average Bonchev–Trinajstić information content (AvgIpc) is 3.07. The summed E-state index contributed by atoms with van der Waals surface area (Å²) < 4.78 is 0.900. The highest BCUT2D eigenvalue weighted by atomic mass is 79.9. The topological polar surface area (TPSA) is 61.0 Å². The van der Waals surface area contributed by atoms with Crippen LogP contribution in [-0.4, -0.2) is 40.4 Å². The molecule has 0 unspecified atom stereocenters. The average molecular weight is 427 g/mol. The molecule has 0 atom stereocenters. The zero-order valence-corrected chi connectivity index (χ0v) is 16.9. The predicted octanol–water partition coefficient (Wildman–Crippen LogP) is 4.45. The van der Waals surface area contributed by atoms with Crippen LogP contribution < -0.4 is 5.32 Å². The predicted molar refractivity (Wildman–Crippen MR) is 112 cm³/mol. The van der Waals surface area contributed by atoms with Gasteiger partial charge in [-0.2, -0.15) is 0 Å². The number of aryl methyl sites for hydroxylation is 1. The number of amides is 1. The number of carbonyl (C=O) groups is 1. The zero-order valence-electron chi connectivity index (χ0n) is 15.3. The second-order valence-electron chi connectivity index (χ2n) is 7.22. The maximum absolute atomic E-state index is 12.3. The van der Waals surface area contributed by atoms with Gasteiger partial charge in [0.25, 0.3) is 0 Å². The number of piperidine rings is 1. The first-order valence-electron chi connectivity index (χ1n) is 9.31. The molecular weight excluding hydrogens is 404 g/mol. The van der Waals surface area contributed by atoms with Gasteiger partial charge in [-0.05, 0) is 78.6 Å². The third-order valence-corrected chi connectivity index (χ3v) is 5.84. The fraction of sp³-hybridized carbons (Fsp3) is 0.333. The van der Waals surface area contributed by atoms with Crippen molar-refractivity contribution in [2.75, 3.05) is 25.0 Å². The van der Waals surface area contributed by atoms with Crippen molar-refractivity contribution in [1.82, 2.24) is 14.9 Å². The number of rotatable bonds is 4. The van der Waals surface area contributed by atoms with Crippen molar-refractivity contribution < 1.29 is 4.79 Å². The van der Waals surface area contributed by atoms with Gasteiger partial charge in [-0.15, -0.1) is 0 Å². The van der Waals surface area contributed by atoms with E-state index in [1.165, 1.54) is 5.56 Å². The van der Waals surface area contributed by atoms with Crippen molar-refractivity contribution in [2.24, 2.45) is 0 Å². The second-order valence-corrected chi connectivity index (χ2v) is 8.08. The Kier molecular flexibility index (Phi) is 5.27. The number of nitrogens with one attached hydrogen (secondary N) is 2. The molecule has 2 heterocycles. The molecule has 0 aliphatic carbocycles. The third-order valence-electron chi connectivity index (χ3n) is 5.15. The van der Waals surface area contributed by atoms with Gasteiger partial charge in [0.15, 0.2) is 0 Å². The Bertz CT molecular complexity index is 960. The van der Waals surface area contributed by atoms with E-state index in [1.54, 1.807) is 0 Å². The summed E-state index contributed by atoms with van der Waals surface area (Å²) >= 11 is 3.46. The summed E-state index contributed by atoms with van der Waals surface area (Å²) in [7, 11) is 0. The van der Waals surface area contributed by atoms with Crippen molar-refractivity contribution in [3.05, 3.63) is 58.3 Å². The highest BCUT2D eigenvalue weighted by molar-refractivity contribution is 9.10. The van der Waals surface area contributed by atoms with E-state index in [4.69, 9.17) is 4.98 Å². The first kappa shape index (κ1) is 18.2. The normalized spacial score (nSPS) is 15.9. The lowest BCUT2D eigenvalue weighted by Gasteiger charge is -2.30. The molecular formula is C21H23BrN4O. The van der Waals surface area contributed by atoms with Gasteiger partial charge in [0.1, 0.15) is 5.82 Å². The Hall–Kier alpha value is -2.18. The number of aromatic amines is 1. The molecule has 140 valence electrons. The van der Waals surface area contributed by atoms with Crippen LogP contribution in [0.25, 0.3) is 11.0 Å². The van der Waals surface area contributed by atoms with Gasteiger partial charge < -0.3 is 10.3 Å². The third kappa shape index (κ3) is 4.22. The Morgan fingerprint density at radius 2 is 2.04 bits per heavy atom. The molecule has 0 saturated carbocycles. The van der Waals surface area contributed by atoms with Gasteiger partial charge in [-0.1, -0.05) is 18.2 Å². The molecule has 1 aromatic heterocycles. The minimum atomic E-state index is 0.0274. The number of carbonyl (C=O) groups excluding carboxylic acids is 1. The van der Waals surface area contributed by atoms with Crippen molar-refractivity contribution in [2.45, 2.75) is 25.7 Å². The quantitative estimate of drug-likeness (QED) is 0.647. The molecule has 27 heavy (non-hydrogen) atoms. The first-order chi connectivity index (χ1) is 13.1. The van der Waals surface area contributed by atoms with Crippen LogP contribution in [0.1, 0.15) is 30.1 Å². The van der Waals surface area contributed by atoms with Gasteiger partial charge in [-0.25, -0.2) is 4.98 Å². The first-order valence-corrected chi connectivity index (χ1v) is 10.1. The number of para-hydroxylation sites is 1. The molecule has 1 amide bonds. The van der Waals surface area contributed by atoms with Gasteiger partial charge in [0, 0.05) is 10.4 Å². The highest BCUT2D eigenvalue weighted by Gasteiger charge is 2.24. The molecule has 1 fully saturated rings. The van der Waals surface area contributed by atoms with E-state index in [2.05, 4.69) is 56.3 Å². The van der Waals surface area contributed by atoms with Crippen LogP contribution in [0, 0.1) is 6.92 Å². The van der Waals surface area contributed by atoms with Gasteiger partial charge in [-0.3, -0.25) is 9.69 Å². The molecule has 0 spiro atoms. The standard InChI is InChI=1S/C21H23BrN4O/c1-14-6-7-18-19(12-14)25-21(24-18)15-8-10-26(11-9-15)13-20(27)23-17-5-3-2-4-16(17)22/h2-7,12,15H,8-11,13H2,1H3,(H,23,27)(H,24,25). The number of halogens is 1. The highest BCUT2D eigenvalue weighted by Crippen LogP contribution is 2.28. The number of H-pyrrole nitrogens is 1. The molecule has 6 heteroatoms. The number of hydrogen-bond donors (Lipinski definition) is 2. The molecule has 1 aliphatic heterocycles. The number of fused-ring (bicyclic) bond motifs is 1. The van der Waals surface area contributed by atoms with Gasteiger partial charge >= 0.3 is 0 Å². The number of hydrogen-bond acceptors (Lipinski definition) is 3. The Morgan fingerprint density at radius 1 is 1.26 bits per heavy atom. The number of imidazole rings is 1.